The van der Waals surface area contributed by atoms with Crippen molar-refractivity contribution in [1.82, 2.24) is 30.0 Å². The fraction of sp³-hybridized carbons (Fsp3) is 0.231. The van der Waals surface area contributed by atoms with Crippen LogP contribution in [0.25, 0.3) is 33.5 Å². The molecule has 0 bridgehead atoms. The molecular weight excluding hydrogens is 431 g/mol. The summed E-state index contributed by atoms with van der Waals surface area (Å²) in [6.07, 6.45) is 0. The second-order valence-corrected chi connectivity index (χ2v) is 8.83. The molecule has 0 amide bonds. The van der Waals surface area contributed by atoms with Gasteiger partial charge < -0.3 is 14.6 Å². The molecule has 1 saturated heterocycles. The van der Waals surface area contributed by atoms with Crippen molar-refractivity contribution in [3.63, 3.8) is 0 Å². The number of nitrogens with one attached hydrogen (secondary N) is 2. The Balaban J connectivity index is 1.29. The van der Waals surface area contributed by atoms with E-state index >= 15 is 0 Å². The lowest BCUT2D eigenvalue weighted by molar-refractivity contribution is 0.148. The molecule has 5 aromatic rings. The Labute approximate surface area is 196 Å². The van der Waals surface area contributed by atoms with E-state index in [0.29, 0.717) is 17.3 Å². The number of H-pyrrole nitrogens is 2. The number of ether oxygens (including phenoxy) is 1. The monoisotopic (exact) mass is 456 g/mol. The van der Waals surface area contributed by atoms with Crippen LogP contribution < -0.4 is 4.74 Å². The summed E-state index contributed by atoms with van der Waals surface area (Å²) in [5.41, 5.74) is 4.70. The van der Waals surface area contributed by atoms with Crippen molar-refractivity contribution in [3.8, 4) is 23.0 Å². The Bertz CT molecular complexity index is 1470. The van der Waals surface area contributed by atoms with Crippen molar-refractivity contribution in [2.75, 3.05) is 33.2 Å². The third kappa shape index (κ3) is 4.02. The number of fused-ring (bicyclic) bond motifs is 2. The highest BCUT2D eigenvalue weighted by Gasteiger charge is 2.16. The molecule has 0 atom stereocenters. The number of imidazole rings is 1. The van der Waals surface area contributed by atoms with Gasteiger partial charge in [0.2, 0.25) is 0 Å². The number of rotatable bonds is 5. The van der Waals surface area contributed by atoms with Gasteiger partial charge in [0.05, 0.1) is 16.6 Å². The predicted molar refractivity (Wildman–Crippen MR) is 130 cm³/mol. The summed E-state index contributed by atoms with van der Waals surface area (Å²) in [4.78, 5) is 13.0. The number of para-hydroxylation sites is 1. The second kappa shape index (κ2) is 8.55. The van der Waals surface area contributed by atoms with Crippen LogP contribution in [-0.2, 0) is 6.54 Å². The van der Waals surface area contributed by atoms with Gasteiger partial charge in [0.25, 0.3) is 0 Å². The van der Waals surface area contributed by atoms with Crippen molar-refractivity contribution in [1.29, 1.82) is 0 Å². The zero-order valence-electron chi connectivity index (χ0n) is 18.9. The van der Waals surface area contributed by atoms with Crippen LogP contribution in [0, 0.1) is 5.82 Å². The summed E-state index contributed by atoms with van der Waals surface area (Å²) in [6.45, 7) is 5.30. The first-order valence-corrected chi connectivity index (χ1v) is 11.4. The summed E-state index contributed by atoms with van der Waals surface area (Å²) < 4.78 is 19.8. The molecule has 0 radical (unpaired) electrons. The SMILES string of the molecule is CN1CCN(Cc2ccc3nc(-c4n[nH]c5ccc(Oc6ccccc6F)cc45)[nH]c3c2)CC1. The minimum absolute atomic E-state index is 0.184. The molecule has 172 valence electrons. The van der Waals surface area contributed by atoms with E-state index in [1.807, 2.05) is 12.1 Å². The molecule has 3 heterocycles. The van der Waals surface area contributed by atoms with Gasteiger partial charge in [-0.15, -0.1) is 0 Å². The van der Waals surface area contributed by atoms with E-state index in [-0.39, 0.29) is 5.75 Å². The number of hydrogen-bond acceptors (Lipinski definition) is 5. The van der Waals surface area contributed by atoms with E-state index in [9.17, 15) is 4.39 Å². The van der Waals surface area contributed by atoms with E-state index in [2.05, 4.69) is 50.2 Å². The number of nitrogens with zero attached hydrogens (tertiary/aromatic N) is 4. The zero-order valence-corrected chi connectivity index (χ0v) is 18.9. The van der Waals surface area contributed by atoms with Crippen LogP contribution >= 0.6 is 0 Å². The lowest BCUT2D eigenvalue weighted by Crippen LogP contribution is -2.43. The maximum Gasteiger partial charge on any atom is 0.165 e. The van der Waals surface area contributed by atoms with Gasteiger partial charge in [0, 0.05) is 38.1 Å². The van der Waals surface area contributed by atoms with Gasteiger partial charge in [-0.1, -0.05) is 18.2 Å². The molecule has 0 saturated carbocycles. The molecule has 7 nitrogen and oxygen atoms in total. The van der Waals surface area contributed by atoms with E-state index in [1.54, 1.807) is 24.3 Å². The lowest BCUT2D eigenvalue weighted by Gasteiger charge is -2.32. The predicted octanol–water partition coefficient (Wildman–Crippen LogP) is 4.79. The third-order valence-corrected chi connectivity index (χ3v) is 6.37. The number of halogens is 1. The molecule has 3 aromatic carbocycles. The minimum atomic E-state index is -0.403. The van der Waals surface area contributed by atoms with E-state index < -0.39 is 5.82 Å². The Morgan fingerprint density at radius 1 is 0.971 bits per heavy atom. The molecule has 34 heavy (non-hydrogen) atoms. The van der Waals surface area contributed by atoms with Crippen molar-refractivity contribution in [2.24, 2.45) is 0 Å². The number of aromatic nitrogens is 4. The number of hydrogen-bond donors (Lipinski definition) is 2. The zero-order chi connectivity index (χ0) is 23.1. The maximum atomic E-state index is 14.0. The summed E-state index contributed by atoms with van der Waals surface area (Å²) in [5.74, 6) is 0.995. The summed E-state index contributed by atoms with van der Waals surface area (Å²) >= 11 is 0. The van der Waals surface area contributed by atoms with E-state index in [1.165, 1.54) is 11.6 Å². The van der Waals surface area contributed by atoms with Crippen LogP contribution in [0.3, 0.4) is 0 Å². The molecule has 8 heteroatoms. The normalized spacial score (nSPS) is 15.4. The van der Waals surface area contributed by atoms with Gasteiger partial charge in [-0.25, -0.2) is 9.37 Å². The highest BCUT2D eigenvalue weighted by atomic mass is 19.1. The van der Waals surface area contributed by atoms with Crippen molar-refractivity contribution in [3.05, 3.63) is 72.0 Å². The number of aromatic amines is 2. The molecule has 1 aliphatic heterocycles. The highest BCUT2D eigenvalue weighted by Crippen LogP contribution is 2.32. The maximum absolute atomic E-state index is 14.0. The fourth-order valence-corrected chi connectivity index (χ4v) is 4.42. The molecule has 2 N–H and O–H groups in total. The second-order valence-electron chi connectivity index (χ2n) is 8.83. The van der Waals surface area contributed by atoms with Gasteiger partial charge >= 0.3 is 0 Å². The van der Waals surface area contributed by atoms with Crippen LogP contribution in [0.1, 0.15) is 5.56 Å². The molecule has 0 aliphatic carbocycles. The standard InChI is InChI=1S/C26H25FN6O/c1-32-10-12-33(13-11-32)16-17-6-8-22-23(14-17)29-26(28-22)25-19-15-18(7-9-21(19)30-31-25)34-24-5-3-2-4-20(24)27/h2-9,14-15H,10-13,16H2,1H3,(H,28,29)(H,30,31). The Morgan fingerprint density at radius 2 is 1.82 bits per heavy atom. The quantitative estimate of drug-likeness (QED) is 0.398. The van der Waals surface area contributed by atoms with Crippen LogP contribution in [-0.4, -0.2) is 63.2 Å². The number of likely N-dealkylation sites (N-methyl/N-ethyl adjacent to an activating group) is 1. The molecule has 0 unspecified atom stereocenters. The van der Waals surface area contributed by atoms with Gasteiger partial charge in [-0.05, 0) is 55.1 Å². The average molecular weight is 457 g/mol. The summed E-state index contributed by atoms with van der Waals surface area (Å²) in [5, 5.41) is 8.39. The molecule has 1 fully saturated rings. The van der Waals surface area contributed by atoms with Crippen LogP contribution in [0.4, 0.5) is 4.39 Å². The van der Waals surface area contributed by atoms with Crippen molar-refractivity contribution < 1.29 is 9.13 Å². The van der Waals surface area contributed by atoms with E-state index in [0.717, 1.165) is 54.7 Å². The van der Waals surface area contributed by atoms with Crippen LogP contribution in [0.5, 0.6) is 11.5 Å². The molecule has 2 aromatic heterocycles. The minimum Gasteiger partial charge on any atom is -0.454 e. The first-order chi connectivity index (χ1) is 16.6. The molecule has 6 rings (SSSR count). The van der Waals surface area contributed by atoms with Crippen LogP contribution in [0.15, 0.2) is 60.7 Å². The van der Waals surface area contributed by atoms with Gasteiger partial charge in [0.15, 0.2) is 17.4 Å². The van der Waals surface area contributed by atoms with Gasteiger partial charge in [-0.3, -0.25) is 10.00 Å². The lowest BCUT2D eigenvalue weighted by atomic mass is 10.1. The molecule has 1 aliphatic rings. The number of piperazine rings is 1. The Kier molecular flexibility index (Phi) is 5.24. The first-order valence-electron chi connectivity index (χ1n) is 11.4. The van der Waals surface area contributed by atoms with Crippen molar-refractivity contribution >= 4 is 21.9 Å². The summed E-state index contributed by atoms with van der Waals surface area (Å²) in [6, 6.07) is 18.3. The highest BCUT2D eigenvalue weighted by molar-refractivity contribution is 5.94. The topological polar surface area (TPSA) is 73.1 Å². The summed E-state index contributed by atoms with van der Waals surface area (Å²) in [7, 11) is 2.17. The smallest absolute Gasteiger partial charge is 0.165 e. The molecular formula is C26H25FN6O. The Morgan fingerprint density at radius 3 is 2.68 bits per heavy atom. The van der Waals surface area contributed by atoms with Crippen LogP contribution in [0.2, 0.25) is 0 Å². The van der Waals surface area contributed by atoms with Gasteiger partial charge in [-0.2, -0.15) is 5.10 Å². The van der Waals surface area contributed by atoms with Crippen molar-refractivity contribution in [2.45, 2.75) is 6.54 Å². The number of benzene rings is 3. The van der Waals surface area contributed by atoms with Gasteiger partial charge in [0.1, 0.15) is 11.4 Å². The fourth-order valence-electron chi connectivity index (χ4n) is 4.42. The third-order valence-electron chi connectivity index (χ3n) is 6.37. The Hall–Kier alpha value is -3.75. The average Bonchev–Trinajstić information content (AvgIpc) is 3.45. The van der Waals surface area contributed by atoms with E-state index in [4.69, 9.17) is 9.72 Å². The first kappa shape index (κ1) is 20.8. The largest absolute Gasteiger partial charge is 0.454 e. The molecule has 0 spiro atoms.